The molecule has 0 atom stereocenters. The van der Waals surface area contributed by atoms with Crippen LogP contribution in [0.5, 0.6) is 5.75 Å². The van der Waals surface area contributed by atoms with E-state index in [4.69, 9.17) is 4.74 Å². The molecule has 1 aromatic heterocycles. The SMILES string of the molecule is COc1ccc2[nH]c(C)c(CCN(Cc3ccccc3)Cc3ccccc3)c2c1. The zero-order valence-electron chi connectivity index (χ0n) is 17.2. The molecule has 4 rings (SSSR count). The molecule has 0 saturated heterocycles. The standard InChI is InChI=1S/C26H28N2O/c1-20-24(25-17-23(29-2)13-14-26(25)27-20)15-16-28(18-21-9-5-3-6-10-21)19-22-11-7-4-8-12-22/h3-14,17,27H,15-16,18-19H2,1-2H3. The lowest BCUT2D eigenvalue weighted by Crippen LogP contribution is -2.25. The highest BCUT2D eigenvalue weighted by Gasteiger charge is 2.13. The first-order valence-corrected chi connectivity index (χ1v) is 10.2. The van der Waals surface area contributed by atoms with Crippen molar-refractivity contribution in [3.8, 4) is 5.75 Å². The van der Waals surface area contributed by atoms with E-state index in [0.717, 1.165) is 31.8 Å². The van der Waals surface area contributed by atoms with E-state index in [2.05, 4.69) is 89.6 Å². The summed E-state index contributed by atoms with van der Waals surface area (Å²) in [6.45, 7) is 5.05. The largest absolute Gasteiger partial charge is 0.497 e. The quantitative estimate of drug-likeness (QED) is 0.420. The van der Waals surface area contributed by atoms with Gasteiger partial charge in [-0.05, 0) is 48.2 Å². The maximum atomic E-state index is 5.45. The van der Waals surface area contributed by atoms with Crippen LogP contribution in [-0.2, 0) is 19.5 Å². The molecule has 0 amide bonds. The van der Waals surface area contributed by atoms with Crippen LogP contribution < -0.4 is 4.74 Å². The number of ether oxygens (including phenoxy) is 1. The molecule has 1 N–H and O–H groups in total. The van der Waals surface area contributed by atoms with Crippen LogP contribution in [0, 0.1) is 6.92 Å². The van der Waals surface area contributed by atoms with Crippen LogP contribution in [0.15, 0.2) is 78.9 Å². The smallest absolute Gasteiger partial charge is 0.119 e. The number of nitrogens with zero attached hydrogens (tertiary/aromatic N) is 1. The summed E-state index contributed by atoms with van der Waals surface area (Å²) in [5.74, 6) is 0.906. The predicted molar refractivity (Wildman–Crippen MR) is 120 cm³/mol. The van der Waals surface area contributed by atoms with Crippen molar-refractivity contribution >= 4 is 10.9 Å². The highest BCUT2D eigenvalue weighted by atomic mass is 16.5. The second-order valence-electron chi connectivity index (χ2n) is 7.57. The van der Waals surface area contributed by atoms with Crippen LogP contribution in [0.2, 0.25) is 0 Å². The molecule has 0 bridgehead atoms. The van der Waals surface area contributed by atoms with Gasteiger partial charge in [-0.25, -0.2) is 0 Å². The van der Waals surface area contributed by atoms with E-state index in [0.29, 0.717) is 0 Å². The topological polar surface area (TPSA) is 28.3 Å². The van der Waals surface area contributed by atoms with E-state index in [1.165, 1.54) is 33.3 Å². The summed E-state index contributed by atoms with van der Waals surface area (Å²) in [7, 11) is 1.72. The first-order chi connectivity index (χ1) is 14.2. The summed E-state index contributed by atoms with van der Waals surface area (Å²) >= 11 is 0. The van der Waals surface area contributed by atoms with Gasteiger partial charge in [0.25, 0.3) is 0 Å². The van der Waals surface area contributed by atoms with Crippen molar-refractivity contribution in [2.24, 2.45) is 0 Å². The van der Waals surface area contributed by atoms with Crippen molar-refractivity contribution in [3.63, 3.8) is 0 Å². The van der Waals surface area contributed by atoms with Crippen LogP contribution in [0.25, 0.3) is 10.9 Å². The summed E-state index contributed by atoms with van der Waals surface area (Å²) in [5, 5.41) is 1.27. The van der Waals surface area contributed by atoms with Crippen LogP contribution in [0.1, 0.15) is 22.4 Å². The number of fused-ring (bicyclic) bond motifs is 1. The molecule has 1 heterocycles. The first kappa shape index (κ1) is 19.3. The second-order valence-corrected chi connectivity index (χ2v) is 7.57. The third kappa shape index (κ3) is 4.69. The number of aryl methyl sites for hydroxylation is 1. The average molecular weight is 385 g/mol. The molecule has 0 fully saturated rings. The van der Waals surface area contributed by atoms with Gasteiger partial charge in [-0.1, -0.05) is 60.7 Å². The fourth-order valence-electron chi connectivity index (χ4n) is 3.98. The maximum absolute atomic E-state index is 5.45. The molecule has 148 valence electrons. The molecule has 3 nitrogen and oxygen atoms in total. The van der Waals surface area contributed by atoms with Gasteiger partial charge in [0.05, 0.1) is 7.11 Å². The third-order valence-electron chi connectivity index (χ3n) is 5.50. The molecule has 0 spiro atoms. The van der Waals surface area contributed by atoms with E-state index < -0.39 is 0 Å². The van der Waals surface area contributed by atoms with Gasteiger partial charge in [0.15, 0.2) is 0 Å². The minimum absolute atomic E-state index is 0.906. The summed E-state index contributed by atoms with van der Waals surface area (Å²) < 4.78 is 5.45. The van der Waals surface area contributed by atoms with E-state index in [1.54, 1.807) is 7.11 Å². The van der Waals surface area contributed by atoms with Gasteiger partial charge in [-0.2, -0.15) is 0 Å². The monoisotopic (exact) mass is 384 g/mol. The lowest BCUT2D eigenvalue weighted by molar-refractivity contribution is 0.260. The number of benzene rings is 3. The number of hydrogen-bond donors (Lipinski definition) is 1. The Hall–Kier alpha value is -3.04. The van der Waals surface area contributed by atoms with Gasteiger partial charge < -0.3 is 9.72 Å². The molecule has 0 unspecified atom stereocenters. The molecule has 4 aromatic rings. The Morgan fingerprint density at radius 2 is 1.45 bits per heavy atom. The van der Waals surface area contributed by atoms with Crippen LogP contribution in [-0.4, -0.2) is 23.5 Å². The zero-order chi connectivity index (χ0) is 20.1. The second kappa shape index (κ2) is 8.97. The van der Waals surface area contributed by atoms with Crippen molar-refractivity contribution in [1.29, 1.82) is 0 Å². The minimum atomic E-state index is 0.906. The number of methoxy groups -OCH3 is 1. The number of rotatable bonds is 8. The fraction of sp³-hybridized carbons (Fsp3) is 0.231. The summed E-state index contributed by atoms with van der Waals surface area (Å²) in [4.78, 5) is 6.06. The van der Waals surface area contributed by atoms with Gasteiger partial charge in [-0.15, -0.1) is 0 Å². The lowest BCUT2D eigenvalue weighted by Gasteiger charge is -2.23. The molecule has 3 heteroatoms. The van der Waals surface area contributed by atoms with Gasteiger partial charge in [0, 0.05) is 36.2 Å². The van der Waals surface area contributed by atoms with Crippen molar-refractivity contribution in [1.82, 2.24) is 9.88 Å². The van der Waals surface area contributed by atoms with E-state index in [1.807, 2.05) is 6.07 Å². The van der Waals surface area contributed by atoms with Crippen molar-refractivity contribution < 1.29 is 4.74 Å². The Labute approximate surface area is 172 Å². The predicted octanol–water partition coefficient (Wildman–Crippen LogP) is 5.73. The number of hydrogen-bond acceptors (Lipinski definition) is 2. The molecule has 0 aliphatic heterocycles. The lowest BCUT2D eigenvalue weighted by atomic mass is 10.1. The molecule has 0 saturated carbocycles. The molecule has 0 aliphatic carbocycles. The van der Waals surface area contributed by atoms with E-state index in [9.17, 15) is 0 Å². The number of aromatic amines is 1. The molecular weight excluding hydrogens is 356 g/mol. The van der Waals surface area contributed by atoms with Crippen molar-refractivity contribution in [2.45, 2.75) is 26.4 Å². The molecule has 3 aromatic carbocycles. The third-order valence-corrected chi connectivity index (χ3v) is 5.50. The van der Waals surface area contributed by atoms with Crippen LogP contribution in [0.3, 0.4) is 0 Å². The van der Waals surface area contributed by atoms with Gasteiger partial charge in [0.1, 0.15) is 5.75 Å². The summed E-state index contributed by atoms with van der Waals surface area (Å²) in [6.07, 6.45) is 0.999. The van der Waals surface area contributed by atoms with Crippen LogP contribution >= 0.6 is 0 Å². The first-order valence-electron chi connectivity index (χ1n) is 10.2. The van der Waals surface area contributed by atoms with Crippen molar-refractivity contribution in [2.75, 3.05) is 13.7 Å². The Morgan fingerprint density at radius 1 is 0.828 bits per heavy atom. The van der Waals surface area contributed by atoms with Gasteiger partial charge in [0.2, 0.25) is 0 Å². The van der Waals surface area contributed by atoms with Gasteiger partial charge in [-0.3, -0.25) is 4.90 Å². The molecule has 0 aliphatic rings. The Balaban J connectivity index is 1.56. The normalized spacial score (nSPS) is 11.3. The Kier molecular flexibility index (Phi) is 5.97. The molecular formula is C26H28N2O. The average Bonchev–Trinajstić information content (AvgIpc) is 3.07. The highest BCUT2D eigenvalue weighted by molar-refractivity contribution is 5.86. The zero-order valence-corrected chi connectivity index (χ0v) is 17.2. The summed E-state index contributed by atoms with van der Waals surface area (Å²) in [6, 6.07) is 27.7. The van der Waals surface area contributed by atoms with E-state index >= 15 is 0 Å². The molecule has 29 heavy (non-hydrogen) atoms. The van der Waals surface area contributed by atoms with Gasteiger partial charge >= 0.3 is 0 Å². The number of nitrogens with one attached hydrogen (secondary N) is 1. The van der Waals surface area contributed by atoms with Crippen LogP contribution in [0.4, 0.5) is 0 Å². The number of H-pyrrole nitrogens is 1. The number of aromatic nitrogens is 1. The Bertz CT molecular complexity index is 1010. The Morgan fingerprint density at radius 3 is 2.03 bits per heavy atom. The molecule has 0 radical (unpaired) electrons. The highest BCUT2D eigenvalue weighted by Crippen LogP contribution is 2.27. The van der Waals surface area contributed by atoms with Crippen molar-refractivity contribution in [3.05, 3.63) is 101 Å². The maximum Gasteiger partial charge on any atom is 0.119 e. The summed E-state index contributed by atoms with van der Waals surface area (Å²) in [5.41, 5.74) is 6.50. The fourth-order valence-corrected chi connectivity index (χ4v) is 3.98. The van der Waals surface area contributed by atoms with E-state index in [-0.39, 0.29) is 0 Å². The minimum Gasteiger partial charge on any atom is -0.497 e.